The van der Waals surface area contributed by atoms with Crippen molar-refractivity contribution in [2.45, 2.75) is 31.3 Å². The number of halogens is 3. The molecule has 5 rings (SSSR count). The van der Waals surface area contributed by atoms with Gasteiger partial charge in [-0.2, -0.15) is 0 Å². The summed E-state index contributed by atoms with van der Waals surface area (Å²) < 4.78 is 42.6. The second kappa shape index (κ2) is 8.22. The molecule has 1 aromatic heterocycles. The zero-order chi connectivity index (χ0) is 24.9. The Morgan fingerprint density at radius 2 is 1.80 bits per heavy atom. The number of nitrogens with two attached hydrogens (primary N) is 1. The molecule has 2 aromatic carbocycles. The van der Waals surface area contributed by atoms with E-state index in [4.69, 9.17) is 5.73 Å². The highest BCUT2D eigenvalue weighted by Crippen LogP contribution is 2.48. The van der Waals surface area contributed by atoms with E-state index in [1.807, 2.05) is 0 Å². The monoisotopic (exact) mass is 487 g/mol. The highest BCUT2D eigenvalue weighted by molar-refractivity contribution is 6.06. The summed E-state index contributed by atoms with van der Waals surface area (Å²) in [6.07, 6.45) is -2.24. The Morgan fingerprint density at radius 3 is 2.54 bits per heavy atom. The molecule has 9 nitrogen and oxygen atoms in total. The average molecular weight is 487 g/mol. The molecule has 182 valence electrons. The quantitative estimate of drug-likeness (QED) is 0.513. The highest BCUT2D eigenvalue weighted by Gasteiger charge is 2.56. The van der Waals surface area contributed by atoms with Gasteiger partial charge in [0.25, 0.3) is 0 Å². The second-order valence-corrected chi connectivity index (χ2v) is 8.49. The van der Waals surface area contributed by atoms with E-state index >= 15 is 0 Å². The van der Waals surface area contributed by atoms with E-state index in [1.54, 1.807) is 24.3 Å². The molecule has 1 aliphatic carbocycles. The molecule has 0 bridgehead atoms. The minimum Gasteiger partial charge on any atom is -0.406 e. The molecule has 0 unspecified atom stereocenters. The van der Waals surface area contributed by atoms with Crippen LogP contribution in [0.2, 0.25) is 0 Å². The number of likely N-dealkylation sites (tertiary alicyclic amines) is 1. The summed E-state index contributed by atoms with van der Waals surface area (Å²) >= 11 is 0. The maximum absolute atomic E-state index is 13.2. The van der Waals surface area contributed by atoms with Gasteiger partial charge in [-0.1, -0.05) is 24.3 Å². The number of aromatic nitrogens is 1. The lowest BCUT2D eigenvalue weighted by Gasteiger charge is -2.27. The maximum Gasteiger partial charge on any atom is 0.573 e. The fourth-order valence-electron chi connectivity index (χ4n) is 4.62. The first kappa shape index (κ1) is 22.6. The van der Waals surface area contributed by atoms with Crippen molar-refractivity contribution in [2.75, 3.05) is 10.6 Å². The number of carbonyl (C=O) groups excluding carboxylic acids is 3. The number of primary amides is 1. The molecule has 2 fully saturated rings. The third-order valence-electron chi connectivity index (χ3n) is 6.17. The van der Waals surface area contributed by atoms with E-state index in [9.17, 15) is 27.6 Å². The number of rotatable bonds is 4. The first-order valence-electron chi connectivity index (χ1n) is 10.8. The summed E-state index contributed by atoms with van der Waals surface area (Å²) in [4.78, 5) is 39.4. The minimum absolute atomic E-state index is 0.113. The number of ether oxygens (including phenoxy) is 1. The summed E-state index contributed by atoms with van der Waals surface area (Å²) in [5.41, 5.74) is 6.43. The Morgan fingerprint density at radius 1 is 1.03 bits per heavy atom. The van der Waals surface area contributed by atoms with Crippen LogP contribution in [-0.4, -0.2) is 45.9 Å². The summed E-state index contributed by atoms with van der Waals surface area (Å²) in [5.74, 6) is -0.815. The van der Waals surface area contributed by atoms with Gasteiger partial charge in [-0.3, -0.25) is 9.36 Å². The summed E-state index contributed by atoms with van der Waals surface area (Å²) in [7, 11) is 0. The number of alkyl halides is 3. The molecule has 3 aromatic rings. The molecule has 1 saturated heterocycles. The number of para-hydroxylation sites is 1. The Bertz CT molecular complexity index is 1340. The topological polar surface area (TPSA) is 119 Å². The molecule has 2 aliphatic rings. The Kier molecular flexibility index (Phi) is 5.30. The van der Waals surface area contributed by atoms with Crippen LogP contribution in [0.1, 0.15) is 12.8 Å². The number of benzene rings is 2. The summed E-state index contributed by atoms with van der Waals surface area (Å²) in [6.45, 7) is 0. The van der Waals surface area contributed by atoms with Gasteiger partial charge in [-0.15, -0.1) is 13.2 Å². The number of nitrogens with zero attached hydrogens (tertiary/aromatic N) is 2. The Labute approximate surface area is 196 Å². The van der Waals surface area contributed by atoms with Gasteiger partial charge in [-0.05, 0) is 37.0 Å². The van der Waals surface area contributed by atoms with Gasteiger partial charge in [0.1, 0.15) is 11.8 Å². The van der Waals surface area contributed by atoms with E-state index in [0.717, 1.165) is 18.6 Å². The standard InChI is InChI=1S/C23H20F3N5O4/c24-23(25,26)35-14-5-3-4-13(10-14)28-20(32)19-9-12-8-18(12)31(19)22(34)29-16-11-30(21(27)33)17-7-2-1-6-15(16)17/h1-7,10-12,18-19H,8-9H2,(H2,27,33)(H,28,32)(H,29,34)/t12-,18-,19-/m0/s1. The number of carbonyl (C=O) groups is 3. The van der Waals surface area contributed by atoms with Gasteiger partial charge in [0, 0.05) is 29.4 Å². The molecule has 35 heavy (non-hydrogen) atoms. The average Bonchev–Trinajstić information content (AvgIpc) is 3.28. The van der Waals surface area contributed by atoms with Crippen molar-refractivity contribution < 1.29 is 32.3 Å². The van der Waals surface area contributed by atoms with Crippen molar-refractivity contribution in [3.8, 4) is 5.75 Å². The second-order valence-electron chi connectivity index (χ2n) is 8.49. The molecule has 1 aliphatic heterocycles. The van der Waals surface area contributed by atoms with Gasteiger partial charge in [0.15, 0.2) is 0 Å². The fraction of sp³-hybridized carbons (Fsp3) is 0.261. The van der Waals surface area contributed by atoms with E-state index in [-0.39, 0.29) is 17.6 Å². The van der Waals surface area contributed by atoms with Crippen molar-refractivity contribution in [3.63, 3.8) is 0 Å². The maximum atomic E-state index is 13.2. The van der Waals surface area contributed by atoms with Gasteiger partial charge in [-0.25, -0.2) is 9.59 Å². The molecule has 3 atom stereocenters. The number of amides is 4. The smallest absolute Gasteiger partial charge is 0.406 e. The number of piperidine rings is 1. The zero-order valence-electron chi connectivity index (χ0n) is 18.1. The number of hydrogen-bond acceptors (Lipinski definition) is 4. The lowest BCUT2D eigenvalue weighted by atomic mass is 10.1. The van der Waals surface area contributed by atoms with Crippen molar-refractivity contribution in [2.24, 2.45) is 11.7 Å². The number of fused-ring (bicyclic) bond motifs is 2. The van der Waals surface area contributed by atoms with Crippen molar-refractivity contribution in [1.82, 2.24) is 9.47 Å². The Hall–Kier alpha value is -4.22. The van der Waals surface area contributed by atoms with Crippen LogP contribution in [-0.2, 0) is 4.79 Å². The predicted octanol–water partition coefficient (Wildman–Crippen LogP) is 4.10. The van der Waals surface area contributed by atoms with Gasteiger partial charge in [0.05, 0.1) is 11.2 Å². The summed E-state index contributed by atoms with van der Waals surface area (Å²) in [5, 5.41) is 5.96. The molecule has 4 N–H and O–H groups in total. The van der Waals surface area contributed by atoms with Crippen LogP contribution >= 0.6 is 0 Å². The lowest BCUT2D eigenvalue weighted by Crippen LogP contribution is -2.47. The third kappa shape index (κ3) is 4.46. The van der Waals surface area contributed by atoms with Crippen LogP contribution < -0.4 is 21.1 Å². The van der Waals surface area contributed by atoms with E-state index < -0.39 is 36.1 Å². The van der Waals surface area contributed by atoms with Crippen LogP contribution in [0.25, 0.3) is 10.9 Å². The molecule has 0 radical (unpaired) electrons. The van der Waals surface area contributed by atoms with Crippen LogP contribution in [0, 0.1) is 5.92 Å². The van der Waals surface area contributed by atoms with Gasteiger partial charge in [0.2, 0.25) is 5.91 Å². The highest BCUT2D eigenvalue weighted by atomic mass is 19.4. The largest absolute Gasteiger partial charge is 0.573 e. The predicted molar refractivity (Wildman–Crippen MR) is 120 cm³/mol. The minimum atomic E-state index is -4.86. The Balaban J connectivity index is 1.33. The third-order valence-corrected chi connectivity index (χ3v) is 6.17. The molecule has 0 spiro atoms. The lowest BCUT2D eigenvalue weighted by molar-refractivity contribution is -0.274. The van der Waals surface area contributed by atoms with Crippen molar-refractivity contribution in [3.05, 3.63) is 54.7 Å². The molecule has 4 amide bonds. The van der Waals surface area contributed by atoms with Crippen LogP contribution in [0.4, 0.5) is 34.1 Å². The normalized spacial score (nSPS) is 20.9. The first-order valence-corrected chi connectivity index (χ1v) is 10.8. The first-order chi connectivity index (χ1) is 16.6. The van der Waals surface area contributed by atoms with Gasteiger partial charge < -0.3 is 26.0 Å². The molecular formula is C23H20F3N5O4. The van der Waals surface area contributed by atoms with E-state index in [2.05, 4.69) is 15.4 Å². The molecule has 2 heterocycles. The van der Waals surface area contributed by atoms with E-state index in [1.165, 1.54) is 27.8 Å². The van der Waals surface area contributed by atoms with Gasteiger partial charge >= 0.3 is 18.4 Å². The van der Waals surface area contributed by atoms with Crippen LogP contribution in [0.5, 0.6) is 5.75 Å². The number of hydrogen-bond donors (Lipinski definition) is 3. The number of urea groups is 1. The number of nitrogens with one attached hydrogen (secondary N) is 2. The van der Waals surface area contributed by atoms with Crippen molar-refractivity contribution >= 4 is 40.2 Å². The van der Waals surface area contributed by atoms with Crippen LogP contribution in [0.15, 0.2) is 54.7 Å². The molecular weight excluding hydrogens is 467 g/mol. The number of anilines is 2. The molecule has 12 heteroatoms. The van der Waals surface area contributed by atoms with E-state index in [0.29, 0.717) is 23.0 Å². The van der Waals surface area contributed by atoms with Crippen LogP contribution in [0.3, 0.4) is 0 Å². The fourth-order valence-corrected chi connectivity index (χ4v) is 4.62. The molecule has 1 saturated carbocycles. The van der Waals surface area contributed by atoms with Crippen molar-refractivity contribution in [1.29, 1.82) is 0 Å². The zero-order valence-corrected chi connectivity index (χ0v) is 18.1. The SMILES string of the molecule is NC(=O)n1cc(NC(=O)N2[C@H](C(=O)Nc3cccc(OC(F)(F)F)c3)C[C@@H]3C[C@@H]32)c2ccccc21. The summed E-state index contributed by atoms with van der Waals surface area (Å²) in [6, 6.07) is 9.69.